The molecule has 0 unspecified atom stereocenters. The highest BCUT2D eigenvalue weighted by molar-refractivity contribution is 5.70. The summed E-state index contributed by atoms with van der Waals surface area (Å²) in [4.78, 5) is 6.44. The number of benzene rings is 1. The van der Waals surface area contributed by atoms with Crippen LogP contribution in [0.4, 0.5) is 14.6 Å². The van der Waals surface area contributed by atoms with Crippen molar-refractivity contribution < 1.29 is 8.78 Å². The smallest absolute Gasteiger partial charge is 0.155 e. The highest BCUT2D eigenvalue weighted by Gasteiger charge is 2.32. The highest BCUT2D eigenvalue weighted by Crippen LogP contribution is 2.34. The first-order valence-electron chi connectivity index (χ1n) is 7.64. The predicted octanol–water partition coefficient (Wildman–Crippen LogP) is 3.48. The molecular weight excluding hydrogens is 298 g/mol. The second-order valence-electron chi connectivity index (χ2n) is 5.93. The first kappa shape index (κ1) is 14.1. The lowest BCUT2D eigenvalue weighted by atomic mass is 10.1. The standard InChI is InChI=1S/C17H16F2N4/c1-11-9-16-17(20-7-8-23(16)21-11)22(12-5-6-12)10-13-14(18)3-2-4-15(13)19/h2-4,7-9,12H,5-6,10H2,1H3. The Morgan fingerprint density at radius 3 is 2.70 bits per heavy atom. The Kier molecular flexibility index (Phi) is 3.25. The van der Waals surface area contributed by atoms with Gasteiger partial charge in [-0.05, 0) is 38.0 Å². The Balaban J connectivity index is 1.79. The first-order valence-corrected chi connectivity index (χ1v) is 7.64. The van der Waals surface area contributed by atoms with Crippen molar-refractivity contribution in [1.82, 2.24) is 14.6 Å². The second-order valence-corrected chi connectivity index (χ2v) is 5.93. The SMILES string of the molecule is Cc1cc2c(N(Cc3c(F)cccc3F)C3CC3)nccn2n1. The number of aryl methyl sites for hydroxylation is 1. The van der Waals surface area contributed by atoms with Gasteiger partial charge in [0.05, 0.1) is 12.2 Å². The summed E-state index contributed by atoms with van der Waals surface area (Å²) < 4.78 is 29.8. The van der Waals surface area contributed by atoms with Crippen molar-refractivity contribution in [2.45, 2.75) is 32.4 Å². The summed E-state index contributed by atoms with van der Waals surface area (Å²) in [7, 11) is 0. The van der Waals surface area contributed by atoms with E-state index in [-0.39, 0.29) is 18.2 Å². The molecule has 0 radical (unpaired) electrons. The van der Waals surface area contributed by atoms with E-state index in [0.717, 1.165) is 29.9 Å². The van der Waals surface area contributed by atoms with Gasteiger partial charge in [-0.25, -0.2) is 18.3 Å². The number of halogens is 2. The van der Waals surface area contributed by atoms with E-state index in [1.54, 1.807) is 16.9 Å². The monoisotopic (exact) mass is 314 g/mol. The zero-order valence-corrected chi connectivity index (χ0v) is 12.7. The first-order chi connectivity index (χ1) is 11.1. The molecule has 0 spiro atoms. The molecule has 1 aromatic carbocycles. The minimum Gasteiger partial charge on any atom is -0.347 e. The quantitative estimate of drug-likeness (QED) is 0.739. The predicted molar refractivity (Wildman–Crippen MR) is 83.3 cm³/mol. The van der Waals surface area contributed by atoms with E-state index in [2.05, 4.69) is 10.1 Å². The van der Waals surface area contributed by atoms with E-state index in [0.29, 0.717) is 0 Å². The minimum absolute atomic E-state index is 0.0828. The highest BCUT2D eigenvalue weighted by atomic mass is 19.1. The number of hydrogen-bond acceptors (Lipinski definition) is 3. The average molecular weight is 314 g/mol. The van der Waals surface area contributed by atoms with Crippen molar-refractivity contribution in [2.24, 2.45) is 0 Å². The van der Waals surface area contributed by atoms with Crippen LogP contribution in [-0.4, -0.2) is 20.6 Å². The second kappa shape index (κ2) is 5.30. The lowest BCUT2D eigenvalue weighted by Crippen LogP contribution is -2.27. The lowest BCUT2D eigenvalue weighted by molar-refractivity contribution is 0.548. The Morgan fingerprint density at radius 1 is 1.26 bits per heavy atom. The van der Waals surface area contributed by atoms with Crippen LogP contribution in [-0.2, 0) is 6.54 Å². The average Bonchev–Trinajstić information content (AvgIpc) is 3.27. The molecule has 1 aliphatic rings. The third kappa shape index (κ3) is 2.54. The molecule has 1 aliphatic carbocycles. The summed E-state index contributed by atoms with van der Waals surface area (Å²) in [5, 5.41) is 4.38. The third-order valence-corrected chi connectivity index (χ3v) is 4.14. The summed E-state index contributed by atoms with van der Waals surface area (Å²) in [6, 6.07) is 6.17. The molecule has 1 fully saturated rings. The van der Waals surface area contributed by atoms with Crippen LogP contribution in [0, 0.1) is 18.6 Å². The van der Waals surface area contributed by atoms with Gasteiger partial charge in [0.1, 0.15) is 17.2 Å². The molecule has 0 N–H and O–H groups in total. The summed E-state index contributed by atoms with van der Waals surface area (Å²) >= 11 is 0. The summed E-state index contributed by atoms with van der Waals surface area (Å²) in [6.45, 7) is 2.08. The Labute approximate surface area is 132 Å². The van der Waals surface area contributed by atoms with Crippen LogP contribution < -0.4 is 4.90 Å². The maximum atomic E-state index is 14.0. The minimum atomic E-state index is -0.521. The molecule has 2 aromatic heterocycles. The summed E-state index contributed by atoms with van der Waals surface area (Å²) in [5.41, 5.74) is 1.82. The third-order valence-electron chi connectivity index (χ3n) is 4.14. The van der Waals surface area contributed by atoms with Crippen molar-refractivity contribution in [3.63, 3.8) is 0 Å². The Hall–Kier alpha value is -2.50. The van der Waals surface area contributed by atoms with Crippen LogP contribution in [0.2, 0.25) is 0 Å². The molecule has 2 heterocycles. The van der Waals surface area contributed by atoms with Gasteiger partial charge in [0.2, 0.25) is 0 Å². The van der Waals surface area contributed by atoms with E-state index < -0.39 is 11.6 Å². The van der Waals surface area contributed by atoms with E-state index >= 15 is 0 Å². The molecule has 23 heavy (non-hydrogen) atoms. The van der Waals surface area contributed by atoms with Crippen LogP contribution in [0.25, 0.3) is 5.52 Å². The van der Waals surface area contributed by atoms with Crippen molar-refractivity contribution in [1.29, 1.82) is 0 Å². The van der Waals surface area contributed by atoms with E-state index in [4.69, 9.17) is 0 Å². The molecule has 3 aromatic rings. The van der Waals surface area contributed by atoms with E-state index in [1.165, 1.54) is 18.2 Å². The normalized spacial score (nSPS) is 14.4. The Bertz CT molecular complexity index is 850. The molecule has 0 amide bonds. The molecule has 4 nitrogen and oxygen atoms in total. The summed E-state index contributed by atoms with van der Waals surface area (Å²) in [5.74, 6) is -0.321. The molecule has 6 heteroatoms. The van der Waals surface area contributed by atoms with Crippen molar-refractivity contribution >= 4 is 11.3 Å². The molecule has 0 aliphatic heterocycles. The number of fused-ring (bicyclic) bond motifs is 1. The van der Waals surface area contributed by atoms with Crippen LogP contribution >= 0.6 is 0 Å². The van der Waals surface area contributed by atoms with Crippen LogP contribution in [0.1, 0.15) is 24.1 Å². The van der Waals surface area contributed by atoms with Gasteiger partial charge in [-0.1, -0.05) is 6.07 Å². The van der Waals surface area contributed by atoms with Gasteiger partial charge >= 0.3 is 0 Å². The molecule has 0 saturated heterocycles. The van der Waals surface area contributed by atoms with Crippen molar-refractivity contribution in [2.75, 3.05) is 4.90 Å². The molecule has 4 rings (SSSR count). The lowest BCUT2D eigenvalue weighted by Gasteiger charge is -2.24. The fourth-order valence-corrected chi connectivity index (χ4v) is 2.87. The maximum Gasteiger partial charge on any atom is 0.155 e. The molecule has 0 bridgehead atoms. The number of hydrogen-bond donors (Lipinski definition) is 0. The zero-order chi connectivity index (χ0) is 16.0. The topological polar surface area (TPSA) is 33.4 Å². The summed E-state index contributed by atoms with van der Waals surface area (Å²) in [6.07, 6.45) is 5.46. The maximum absolute atomic E-state index is 14.0. The van der Waals surface area contributed by atoms with Gasteiger partial charge in [0, 0.05) is 24.0 Å². The molecular formula is C17H16F2N4. The van der Waals surface area contributed by atoms with Crippen molar-refractivity contribution in [3.8, 4) is 0 Å². The number of nitrogens with zero attached hydrogens (tertiary/aromatic N) is 4. The fraction of sp³-hybridized carbons (Fsp3) is 0.294. The van der Waals surface area contributed by atoms with Gasteiger partial charge in [-0.15, -0.1) is 0 Å². The Morgan fingerprint density at radius 2 is 2.00 bits per heavy atom. The largest absolute Gasteiger partial charge is 0.347 e. The number of rotatable bonds is 4. The van der Waals surface area contributed by atoms with Gasteiger partial charge in [-0.3, -0.25) is 0 Å². The van der Waals surface area contributed by atoms with Gasteiger partial charge in [0.15, 0.2) is 5.82 Å². The van der Waals surface area contributed by atoms with Gasteiger partial charge in [-0.2, -0.15) is 5.10 Å². The molecule has 1 saturated carbocycles. The van der Waals surface area contributed by atoms with E-state index in [1.807, 2.05) is 17.9 Å². The fourth-order valence-electron chi connectivity index (χ4n) is 2.87. The van der Waals surface area contributed by atoms with Gasteiger partial charge < -0.3 is 4.90 Å². The molecule has 118 valence electrons. The number of anilines is 1. The zero-order valence-electron chi connectivity index (χ0n) is 12.7. The van der Waals surface area contributed by atoms with Crippen molar-refractivity contribution in [3.05, 3.63) is 59.6 Å². The van der Waals surface area contributed by atoms with Crippen LogP contribution in [0.5, 0.6) is 0 Å². The van der Waals surface area contributed by atoms with Crippen LogP contribution in [0.15, 0.2) is 36.7 Å². The van der Waals surface area contributed by atoms with E-state index in [9.17, 15) is 8.78 Å². The van der Waals surface area contributed by atoms with Crippen LogP contribution in [0.3, 0.4) is 0 Å². The van der Waals surface area contributed by atoms with Gasteiger partial charge in [0.25, 0.3) is 0 Å². The number of aromatic nitrogens is 3. The molecule has 0 atom stereocenters.